The van der Waals surface area contributed by atoms with Crippen LogP contribution in [0.2, 0.25) is 5.02 Å². The summed E-state index contributed by atoms with van der Waals surface area (Å²) in [6.45, 7) is 1.70. The van der Waals surface area contributed by atoms with Crippen LogP contribution in [0.3, 0.4) is 0 Å². The van der Waals surface area contributed by atoms with Gasteiger partial charge in [-0.3, -0.25) is 4.79 Å². The Kier molecular flexibility index (Phi) is 5.75. The van der Waals surface area contributed by atoms with Crippen LogP contribution in [0.4, 0.5) is 8.78 Å². The molecular weight excluding hydrogens is 310 g/mol. The van der Waals surface area contributed by atoms with Gasteiger partial charge in [-0.2, -0.15) is 8.78 Å². The number of halogens is 3. The standard InChI is InChI=1S/C16H21ClF2N2O/c1-20-8-5-12-6-9-21(10-7-12)15(22)16(18,19)13-3-2-4-14(17)11-13/h2-4,11-12,20H,5-10H2,1H3. The van der Waals surface area contributed by atoms with Crippen molar-refractivity contribution in [1.82, 2.24) is 10.2 Å². The van der Waals surface area contributed by atoms with E-state index in [1.165, 1.54) is 23.1 Å². The monoisotopic (exact) mass is 330 g/mol. The van der Waals surface area contributed by atoms with E-state index >= 15 is 0 Å². The second-order valence-corrected chi connectivity index (χ2v) is 6.15. The number of amides is 1. The van der Waals surface area contributed by atoms with Crippen molar-refractivity contribution in [3.05, 3.63) is 34.9 Å². The van der Waals surface area contributed by atoms with Gasteiger partial charge in [0.05, 0.1) is 0 Å². The van der Waals surface area contributed by atoms with Crippen LogP contribution in [0.25, 0.3) is 0 Å². The third-order valence-corrected chi connectivity index (χ3v) is 4.40. The van der Waals surface area contributed by atoms with Crippen molar-refractivity contribution in [3.63, 3.8) is 0 Å². The summed E-state index contributed by atoms with van der Waals surface area (Å²) in [7, 11) is 1.89. The zero-order chi connectivity index (χ0) is 16.2. The Morgan fingerprint density at radius 2 is 2.09 bits per heavy atom. The predicted octanol–water partition coefficient (Wildman–Crippen LogP) is 3.28. The first-order valence-corrected chi connectivity index (χ1v) is 7.90. The lowest BCUT2D eigenvalue weighted by atomic mass is 9.93. The van der Waals surface area contributed by atoms with Crippen molar-refractivity contribution in [2.24, 2.45) is 5.92 Å². The molecule has 1 fully saturated rings. The molecule has 1 aromatic carbocycles. The van der Waals surface area contributed by atoms with Gasteiger partial charge in [0.1, 0.15) is 0 Å². The number of benzene rings is 1. The molecule has 0 radical (unpaired) electrons. The van der Waals surface area contributed by atoms with E-state index in [0.717, 1.165) is 31.9 Å². The third-order valence-electron chi connectivity index (χ3n) is 4.16. The highest BCUT2D eigenvalue weighted by Gasteiger charge is 2.44. The Bertz CT molecular complexity index is 517. The van der Waals surface area contributed by atoms with E-state index in [4.69, 9.17) is 11.6 Å². The lowest BCUT2D eigenvalue weighted by molar-refractivity contribution is -0.160. The first-order chi connectivity index (χ1) is 10.4. The van der Waals surface area contributed by atoms with Gasteiger partial charge in [-0.05, 0) is 50.9 Å². The molecule has 6 heteroatoms. The Morgan fingerprint density at radius 1 is 1.41 bits per heavy atom. The first-order valence-electron chi connectivity index (χ1n) is 7.53. The summed E-state index contributed by atoms with van der Waals surface area (Å²) in [5.74, 6) is -4.15. The number of nitrogens with one attached hydrogen (secondary N) is 1. The minimum Gasteiger partial charge on any atom is -0.337 e. The van der Waals surface area contributed by atoms with Crippen molar-refractivity contribution in [3.8, 4) is 0 Å². The number of carbonyl (C=O) groups excluding carboxylic acids is 1. The maximum atomic E-state index is 14.4. The second-order valence-electron chi connectivity index (χ2n) is 5.71. The molecule has 122 valence electrons. The fourth-order valence-electron chi connectivity index (χ4n) is 2.78. The van der Waals surface area contributed by atoms with Crippen LogP contribution in [0.5, 0.6) is 0 Å². The van der Waals surface area contributed by atoms with Crippen molar-refractivity contribution >= 4 is 17.5 Å². The molecule has 3 nitrogen and oxygen atoms in total. The highest BCUT2D eigenvalue weighted by molar-refractivity contribution is 6.30. The molecule has 1 aromatic rings. The molecule has 1 heterocycles. The van der Waals surface area contributed by atoms with Crippen LogP contribution in [-0.4, -0.2) is 37.5 Å². The summed E-state index contributed by atoms with van der Waals surface area (Å²) < 4.78 is 28.7. The maximum absolute atomic E-state index is 14.4. The summed E-state index contributed by atoms with van der Waals surface area (Å²) in [6, 6.07) is 5.34. The molecule has 0 spiro atoms. The zero-order valence-corrected chi connectivity index (χ0v) is 13.4. The smallest absolute Gasteiger partial charge is 0.337 e. The SMILES string of the molecule is CNCCC1CCN(C(=O)C(F)(F)c2cccc(Cl)c2)CC1. The predicted molar refractivity (Wildman–Crippen MR) is 83.2 cm³/mol. The zero-order valence-electron chi connectivity index (χ0n) is 12.6. The van der Waals surface area contributed by atoms with Gasteiger partial charge in [0.2, 0.25) is 0 Å². The lowest BCUT2D eigenvalue weighted by Gasteiger charge is -2.34. The van der Waals surface area contributed by atoms with E-state index in [2.05, 4.69) is 5.32 Å². The van der Waals surface area contributed by atoms with E-state index in [1.54, 1.807) is 0 Å². The summed E-state index contributed by atoms with van der Waals surface area (Å²) >= 11 is 5.74. The Morgan fingerprint density at radius 3 is 2.68 bits per heavy atom. The average molecular weight is 331 g/mol. The van der Waals surface area contributed by atoms with Gasteiger partial charge in [-0.25, -0.2) is 0 Å². The minimum atomic E-state index is -3.53. The molecule has 0 bridgehead atoms. The number of nitrogens with zero attached hydrogens (tertiary/aromatic N) is 1. The number of carbonyl (C=O) groups is 1. The molecule has 0 aliphatic carbocycles. The molecule has 0 aromatic heterocycles. The van der Waals surface area contributed by atoms with Gasteiger partial charge in [0.15, 0.2) is 0 Å². The molecular formula is C16H21ClF2N2O. The molecule has 1 N–H and O–H groups in total. The molecule has 22 heavy (non-hydrogen) atoms. The number of hydrogen-bond acceptors (Lipinski definition) is 2. The second kappa shape index (κ2) is 7.38. The molecule has 1 aliphatic heterocycles. The number of alkyl halides is 2. The highest BCUT2D eigenvalue weighted by atomic mass is 35.5. The number of hydrogen-bond donors (Lipinski definition) is 1. The van der Waals surface area contributed by atoms with E-state index in [-0.39, 0.29) is 10.6 Å². The Labute approximate surface area is 134 Å². The summed E-state index contributed by atoms with van der Waals surface area (Å²) in [4.78, 5) is 13.4. The molecule has 1 saturated heterocycles. The van der Waals surface area contributed by atoms with Gasteiger partial charge < -0.3 is 10.2 Å². The van der Waals surface area contributed by atoms with Crippen LogP contribution < -0.4 is 5.32 Å². The lowest BCUT2D eigenvalue weighted by Crippen LogP contribution is -2.46. The highest BCUT2D eigenvalue weighted by Crippen LogP contribution is 2.33. The van der Waals surface area contributed by atoms with Crippen LogP contribution >= 0.6 is 11.6 Å². The number of rotatable bonds is 5. The van der Waals surface area contributed by atoms with Gasteiger partial charge in [-0.15, -0.1) is 0 Å². The summed E-state index contributed by atoms with van der Waals surface area (Å²) in [5.41, 5.74) is -0.345. The van der Waals surface area contributed by atoms with Crippen LogP contribution in [-0.2, 0) is 10.7 Å². The summed E-state index contributed by atoms with van der Waals surface area (Å²) in [6.07, 6.45) is 2.57. The van der Waals surface area contributed by atoms with E-state index < -0.39 is 11.8 Å². The fraction of sp³-hybridized carbons (Fsp3) is 0.562. The van der Waals surface area contributed by atoms with Gasteiger partial charge in [-0.1, -0.05) is 23.7 Å². The van der Waals surface area contributed by atoms with Crippen molar-refractivity contribution in [2.75, 3.05) is 26.7 Å². The van der Waals surface area contributed by atoms with E-state index in [1.807, 2.05) is 7.05 Å². The minimum absolute atomic E-state index is 0.204. The first kappa shape index (κ1) is 17.2. The number of likely N-dealkylation sites (tertiary alicyclic amines) is 1. The molecule has 0 unspecified atom stereocenters. The maximum Gasteiger partial charge on any atom is 0.350 e. The fourth-order valence-corrected chi connectivity index (χ4v) is 2.97. The third kappa shape index (κ3) is 3.96. The largest absolute Gasteiger partial charge is 0.350 e. The summed E-state index contributed by atoms with van der Waals surface area (Å²) in [5, 5.41) is 3.29. The Hall–Kier alpha value is -1.20. The van der Waals surface area contributed by atoms with Crippen molar-refractivity contribution in [2.45, 2.75) is 25.2 Å². The van der Waals surface area contributed by atoms with E-state index in [9.17, 15) is 13.6 Å². The normalized spacial score (nSPS) is 16.8. The molecule has 0 atom stereocenters. The molecule has 1 aliphatic rings. The molecule has 0 saturated carbocycles. The van der Waals surface area contributed by atoms with Crippen LogP contribution in [0.1, 0.15) is 24.8 Å². The average Bonchev–Trinajstić information content (AvgIpc) is 2.52. The van der Waals surface area contributed by atoms with Gasteiger partial charge in [0.25, 0.3) is 5.91 Å². The Balaban J connectivity index is 1.99. The van der Waals surface area contributed by atoms with Gasteiger partial charge >= 0.3 is 5.92 Å². The van der Waals surface area contributed by atoms with Crippen LogP contribution in [0.15, 0.2) is 24.3 Å². The van der Waals surface area contributed by atoms with Gasteiger partial charge in [0, 0.05) is 23.7 Å². The number of piperidine rings is 1. The quantitative estimate of drug-likeness (QED) is 0.898. The van der Waals surface area contributed by atoms with E-state index in [0.29, 0.717) is 19.0 Å². The van der Waals surface area contributed by atoms with Crippen molar-refractivity contribution in [1.29, 1.82) is 0 Å². The molecule has 1 amide bonds. The van der Waals surface area contributed by atoms with Crippen molar-refractivity contribution < 1.29 is 13.6 Å². The molecule has 2 rings (SSSR count). The van der Waals surface area contributed by atoms with Crippen LogP contribution in [0, 0.1) is 5.92 Å². The topological polar surface area (TPSA) is 32.3 Å².